The first-order chi connectivity index (χ1) is 8.99. The fourth-order valence-electron chi connectivity index (χ4n) is 1.63. The predicted octanol–water partition coefficient (Wildman–Crippen LogP) is 3.36. The highest BCUT2D eigenvalue weighted by atomic mass is 19.3. The smallest absolute Gasteiger partial charge is 0.387 e. The highest BCUT2D eigenvalue weighted by Crippen LogP contribution is 2.18. The van der Waals surface area contributed by atoms with Gasteiger partial charge >= 0.3 is 6.61 Å². The van der Waals surface area contributed by atoms with Gasteiger partial charge in [-0.1, -0.05) is 12.1 Å². The second-order valence-corrected chi connectivity index (χ2v) is 4.54. The molecule has 1 rings (SSSR count). The van der Waals surface area contributed by atoms with Crippen molar-refractivity contribution in [1.29, 1.82) is 0 Å². The number of halogens is 2. The maximum absolute atomic E-state index is 12.0. The van der Waals surface area contributed by atoms with Crippen molar-refractivity contribution in [2.45, 2.75) is 39.5 Å². The molecule has 108 valence electrons. The summed E-state index contributed by atoms with van der Waals surface area (Å²) in [6, 6.07) is 6.78. The van der Waals surface area contributed by atoms with Crippen molar-refractivity contribution in [1.82, 2.24) is 5.32 Å². The van der Waals surface area contributed by atoms with E-state index in [0.717, 1.165) is 12.1 Å². The maximum atomic E-state index is 12.0. The Bertz CT molecular complexity index is 355. The minimum Gasteiger partial charge on any atom is -0.435 e. The summed E-state index contributed by atoms with van der Waals surface area (Å²) >= 11 is 0. The molecular formula is C14H21F2NO2. The van der Waals surface area contributed by atoms with Crippen molar-refractivity contribution >= 4 is 0 Å². The lowest BCUT2D eigenvalue weighted by Gasteiger charge is -2.15. The Hall–Kier alpha value is -1.20. The lowest BCUT2D eigenvalue weighted by atomic mass is 10.1. The van der Waals surface area contributed by atoms with Crippen LogP contribution in [0.15, 0.2) is 24.3 Å². The number of alkyl halides is 2. The van der Waals surface area contributed by atoms with E-state index >= 15 is 0 Å². The van der Waals surface area contributed by atoms with Gasteiger partial charge in [-0.25, -0.2) is 0 Å². The van der Waals surface area contributed by atoms with Crippen molar-refractivity contribution in [3.63, 3.8) is 0 Å². The van der Waals surface area contributed by atoms with Crippen molar-refractivity contribution in [2.75, 3.05) is 13.2 Å². The van der Waals surface area contributed by atoms with Crippen molar-refractivity contribution in [2.24, 2.45) is 0 Å². The number of hydrogen-bond donors (Lipinski definition) is 1. The zero-order valence-corrected chi connectivity index (χ0v) is 11.5. The highest BCUT2D eigenvalue weighted by molar-refractivity contribution is 5.28. The van der Waals surface area contributed by atoms with Crippen molar-refractivity contribution in [3.8, 4) is 5.75 Å². The molecule has 0 amide bonds. The summed E-state index contributed by atoms with van der Waals surface area (Å²) in [5, 5.41) is 3.30. The van der Waals surface area contributed by atoms with Gasteiger partial charge in [0.05, 0.1) is 12.7 Å². The fraction of sp³-hybridized carbons (Fsp3) is 0.571. The van der Waals surface area contributed by atoms with Crippen LogP contribution in [-0.2, 0) is 4.74 Å². The third-order valence-electron chi connectivity index (χ3n) is 2.61. The molecule has 0 aliphatic carbocycles. The molecule has 1 N–H and O–H groups in total. The zero-order valence-electron chi connectivity index (χ0n) is 11.5. The standard InChI is InChI=1S/C14H21F2NO2/c1-10(2)18-9-8-17-11(3)12-4-6-13(7-5-12)19-14(15)16/h4-7,10-11,14,17H,8-9H2,1-3H3. The van der Waals surface area contributed by atoms with Crippen LogP contribution in [0.25, 0.3) is 0 Å². The van der Waals surface area contributed by atoms with Crippen LogP contribution in [0.5, 0.6) is 5.75 Å². The van der Waals surface area contributed by atoms with E-state index in [2.05, 4.69) is 10.1 Å². The molecular weight excluding hydrogens is 252 g/mol. The van der Waals surface area contributed by atoms with Gasteiger partial charge in [0.1, 0.15) is 5.75 Å². The van der Waals surface area contributed by atoms with E-state index in [1.807, 2.05) is 20.8 Å². The summed E-state index contributed by atoms with van der Waals surface area (Å²) in [6.45, 7) is 4.60. The molecule has 1 unspecified atom stereocenters. The highest BCUT2D eigenvalue weighted by Gasteiger charge is 2.07. The molecule has 0 saturated carbocycles. The average Bonchev–Trinajstić information content (AvgIpc) is 2.34. The molecule has 0 spiro atoms. The van der Waals surface area contributed by atoms with Crippen molar-refractivity contribution in [3.05, 3.63) is 29.8 Å². The molecule has 19 heavy (non-hydrogen) atoms. The van der Waals surface area contributed by atoms with Crippen LogP contribution in [0.2, 0.25) is 0 Å². The van der Waals surface area contributed by atoms with Crippen LogP contribution in [0, 0.1) is 0 Å². The Labute approximate surface area is 112 Å². The SMILES string of the molecule is CC(C)OCCNC(C)c1ccc(OC(F)F)cc1. The molecule has 0 aromatic heterocycles. The minimum absolute atomic E-state index is 0.136. The first kappa shape index (κ1) is 15.9. The summed E-state index contributed by atoms with van der Waals surface area (Å²) in [6.07, 6.45) is 0.225. The monoisotopic (exact) mass is 273 g/mol. The molecule has 5 heteroatoms. The van der Waals surface area contributed by atoms with Crippen LogP contribution in [0.4, 0.5) is 8.78 Å². The van der Waals surface area contributed by atoms with Gasteiger partial charge in [0.2, 0.25) is 0 Å². The van der Waals surface area contributed by atoms with Crippen LogP contribution < -0.4 is 10.1 Å². The molecule has 0 saturated heterocycles. The normalized spacial score (nSPS) is 13.0. The Morgan fingerprint density at radius 2 is 1.74 bits per heavy atom. The number of nitrogens with one attached hydrogen (secondary N) is 1. The molecule has 0 aliphatic heterocycles. The summed E-state index contributed by atoms with van der Waals surface area (Å²) in [5.74, 6) is 0.175. The van der Waals surface area contributed by atoms with Crippen molar-refractivity contribution < 1.29 is 18.3 Å². The Kier molecular flexibility index (Phi) is 6.73. The largest absolute Gasteiger partial charge is 0.435 e. The van der Waals surface area contributed by atoms with E-state index < -0.39 is 6.61 Å². The van der Waals surface area contributed by atoms with Gasteiger partial charge in [0.15, 0.2) is 0 Å². The Balaban J connectivity index is 2.37. The molecule has 3 nitrogen and oxygen atoms in total. The van der Waals surface area contributed by atoms with E-state index in [9.17, 15) is 8.78 Å². The summed E-state index contributed by atoms with van der Waals surface area (Å²) in [5.41, 5.74) is 1.02. The quantitative estimate of drug-likeness (QED) is 0.737. The van der Waals surface area contributed by atoms with E-state index in [1.54, 1.807) is 24.3 Å². The number of hydrogen-bond acceptors (Lipinski definition) is 3. The Morgan fingerprint density at radius 1 is 1.11 bits per heavy atom. The van der Waals surface area contributed by atoms with E-state index in [4.69, 9.17) is 4.74 Å². The summed E-state index contributed by atoms with van der Waals surface area (Å²) < 4.78 is 33.7. The van der Waals surface area contributed by atoms with E-state index in [0.29, 0.717) is 6.61 Å². The topological polar surface area (TPSA) is 30.5 Å². The fourth-order valence-corrected chi connectivity index (χ4v) is 1.63. The predicted molar refractivity (Wildman–Crippen MR) is 70.6 cm³/mol. The zero-order chi connectivity index (χ0) is 14.3. The van der Waals surface area contributed by atoms with Crippen LogP contribution in [0.3, 0.4) is 0 Å². The third kappa shape index (κ3) is 6.50. The lowest BCUT2D eigenvalue weighted by molar-refractivity contribution is -0.0498. The first-order valence-corrected chi connectivity index (χ1v) is 6.38. The molecule has 1 aromatic carbocycles. The number of ether oxygens (including phenoxy) is 2. The molecule has 0 radical (unpaired) electrons. The maximum Gasteiger partial charge on any atom is 0.387 e. The second kappa shape index (κ2) is 8.07. The van der Waals surface area contributed by atoms with Gasteiger partial charge in [0.25, 0.3) is 0 Å². The molecule has 0 bridgehead atoms. The van der Waals surface area contributed by atoms with Gasteiger partial charge in [-0.15, -0.1) is 0 Å². The average molecular weight is 273 g/mol. The lowest BCUT2D eigenvalue weighted by Crippen LogP contribution is -2.24. The van der Waals surface area contributed by atoms with Gasteiger partial charge in [-0.2, -0.15) is 8.78 Å². The third-order valence-corrected chi connectivity index (χ3v) is 2.61. The summed E-state index contributed by atoms with van der Waals surface area (Å²) in [7, 11) is 0. The molecule has 0 fully saturated rings. The second-order valence-electron chi connectivity index (χ2n) is 4.54. The molecule has 0 heterocycles. The van der Waals surface area contributed by atoms with Crippen LogP contribution in [-0.4, -0.2) is 25.9 Å². The molecule has 0 aliphatic rings. The molecule has 1 atom stereocenters. The molecule has 1 aromatic rings. The Morgan fingerprint density at radius 3 is 2.26 bits per heavy atom. The van der Waals surface area contributed by atoms with Gasteiger partial charge in [-0.3, -0.25) is 0 Å². The summed E-state index contributed by atoms with van der Waals surface area (Å²) in [4.78, 5) is 0. The van der Waals surface area contributed by atoms with Gasteiger partial charge < -0.3 is 14.8 Å². The van der Waals surface area contributed by atoms with E-state index in [-0.39, 0.29) is 17.9 Å². The number of rotatable bonds is 8. The van der Waals surface area contributed by atoms with E-state index in [1.165, 1.54) is 0 Å². The van der Waals surface area contributed by atoms with Crippen LogP contribution >= 0.6 is 0 Å². The minimum atomic E-state index is -2.78. The van der Waals surface area contributed by atoms with Crippen LogP contribution in [0.1, 0.15) is 32.4 Å². The number of benzene rings is 1. The van der Waals surface area contributed by atoms with Gasteiger partial charge in [0, 0.05) is 12.6 Å². The van der Waals surface area contributed by atoms with Gasteiger partial charge in [-0.05, 0) is 38.5 Å². The first-order valence-electron chi connectivity index (χ1n) is 6.38.